The summed E-state index contributed by atoms with van der Waals surface area (Å²) in [5, 5.41) is 6.35. The van der Waals surface area contributed by atoms with Crippen molar-refractivity contribution >= 4 is 34.6 Å². The number of imidazole rings is 1. The predicted molar refractivity (Wildman–Crippen MR) is 212 cm³/mol. The molecular formula is C46H39N2P. The van der Waals surface area contributed by atoms with Crippen molar-refractivity contribution in [2.45, 2.75) is 20.4 Å². The second kappa shape index (κ2) is 15.1. The smallest absolute Gasteiger partial charge is 0.142 e. The molecule has 238 valence electrons. The monoisotopic (exact) mass is 650 g/mol. The second-order valence-corrected chi connectivity index (χ2v) is 13.8. The van der Waals surface area contributed by atoms with Crippen LogP contribution in [0.2, 0.25) is 0 Å². The molecule has 1 heterocycles. The summed E-state index contributed by atoms with van der Waals surface area (Å²) in [4.78, 5) is 5.68. The molecule has 1 aromatic heterocycles. The molecule has 0 N–H and O–H groups in total. The van der Waals surface area contributed by atoms with E-state index in [1.54, 1.807) is 0 Å². The number of nitrogens with zero attached hydrogens (tertiary/aromatic N) is 2. The minimum atomic E-state index is -0.897. The first kappa shape index (κ1) is 32.0. The number of aromatic nitrogens is 2. The molecule has 49 heavy (non-hydrogen) atoms. The lowest BCUT2D eigenvalue weighted by molar-refractivity contribution is 0.816. The van der Waals surface area contributed by atoms with Gasteiger partial charge in [-0.05, 0) is 40.2 Å². The van der Waals surface area contributed by atoms with Crippen LogP contribution >= 0.6 is 7.92 Å². The van der Waals surface area contributed by atoms with E-state index in [0.29, 0.717) is 6.54 Å². The van der Waals surface area contributed by atoms with Crippen molar-refractivity contribution in [3.8, 4) is 33.9 Å². The summed E-state index contributed by atoms with van der Waals surface area (Å²) >= 11 is 0. The van der Waals surface area contributed by atoms with Gasteiger partial charge < -0.3 is 4.57 Å². The lowest BCUT2D eigenvalue weighted by Crippen LogP contribution is -2.23. The van der Waals surface area contributed by atoms with Crippen molar-refractivity contribution in [1.82, 2.24) is 9.55 Å². The van der Waals surface area contributed by atoms with Crippen molar-refractivity contribution in [2.24, 2.45) is 0 Å². The fourth-order valence-electron chi connectivity index (χ4n) is 6.51. The maximum Gasteiger partial charge on any atom is 0.142 e. The van der Waals surface area contributed by atoms with E-state index in [4.69, 9.17) is 4.98 Å². The molecular weight excluding hydrogens is 611 g/mol. The van der Waals surface area contributed by atoms with Gasteiger partial charge in [-0.25, -0.2) is 4.98 Å². The highest BCUT2D eigenvalue weighted by atomic mass is 31.1. The summed E-state index contributed by atoms with van der Waals surface area (Å²) in [7, 11) is -0.897. The molecule has 3 heteroatoms. The highest BCUT2D eigenvalue weighted by molar-refractivity contribution is 7.80. The van der Waals surface area contributed by atoms with Gasteiger partial charge in [0, 0.05) is 23.2 Å². The first-order valence-corrected chi connectivity index (χ1v) is 18.4. The summed E-state index contributed by atoms with van der Waals surface area (Å²) in [6.07, 6.45) is 0. The third kappa shape index (κ3) is 6.61. The fourth-order valence-corrected chi connectivity index (χ4v) is 8.98. The van der Waals surface area contributed by atoms with Crippen molar-refractivity contribution in [1.29, 1.82) is 0 Å². The van der Waals surface area contributed by atoms with Gasteiger partial charge in [0.1, 0.15) is 5.82 Å². The number of benzene rings is 7. The van der Waals surface area contributed by atoms with Crippen molar-refractivity contribution in [2.75, 3.05) is 0 Å². The van der Waals surface area contributed by atoms with Crippen LogP contribution in [-0.2, 0) is 6.54 Å². The number of hydrogen-bond acceptors (Lipinski definition) is 1. The second-order valence-electron chi connectivity index (χ2n) is 11.6. The Bertz CT molecular complexity index is 2210. The molecule has 0 fully saturated rings. The quantitative estimate of drug-likeness (QED) is 0.150. The van der Waals surface area contributed by atoms with E-state index in [9.17, 15) is 0 Å². The molecule has 0 atom stereocenters. The van der Waals surface area contributed by atoms with Crippen molar-refractivity contribution in [3.63, 3.8) is 0 Å². The van der Waals surface area contributed by atoms with Gasteiger partial charge >= 0.3 is 0 Å². The Balaban J connectivity index is 0.00000186. The maximum atomic E-state index is 5.68. The lowest BCUT2D eigenvalue weighted by Gasteiger charge is -2.24. The zero-order valence-electron chi connectivity index (χ0n) is 27.9. The van der Waals surface area contributed by atoms with Gasteiger partial charge in [0.2, 0.25) is 0 Å². The topological polar surface area (TPSA) is 17.8 Å². The van der Waals surface area contributed by atoms with E-state index in [0.717, 1.165) is 28.3 Å². The lowest BCUT2D eigenvalue weighted by atomic mass is 10.0. The van der Waals surface area contributed by atoms with E-state index >= 15 is 0 Å². The van der Waals surface area contributed by atoms with Gasteiger partial charge in [-0.2, -0.15) is 0 Å². The fraction of sp³-hybridized carbons (Fsp3) is 0.0652. The standard InChI is InChI=1S/C44H33N2P.C2H6/c1-6-18-33(19-7-1)32-46-43(36-23-10-3-11-24-36)42(35-21-8-2-9-22-35)45-44(46)41-39-29-17-16-20-34(39)30-31-40(41)47(37-25-12-4-13-26-37)38-27-14-5-15-28-38;1-2/h1-31H,32H2;1-2H3. The molecule has 8 aromatic rings. The molecule has 0 aliphatic carbocycles. The molecule has 0 amide bonds. The molecule has 0 bridgehead atoms. The average molecular weight is 651 g/mol. The zero-order valence-corrected chi connectivity index (χ0v) is 28.8. The minimum Gasteiger partial charge on any atom is -0.319 e. The third-order valence-electron chi connectivity index (χ3n) is 8.65. The molecule has 0 saturated heterocycles. The van der Waals surface area contributed by atoms with Crippen LogP contribution in [0.1, 0.15) is 19.4 Å². The minimum absolute atomic E-state index is 0.692. The van der Waals surface area contributed by atoms with E-state index in [2.05, 4.69) is 193 Å². The predicted octanol–water partition coefficient (Wildman–Crippen LogP) is 10.9. The van der Waals surface area contributed by atoms with Crippen LogP contribution in [0.5, 0.6) is 0 Å². The van der Waals surface area contributed by atoms with Gasteiger partial charge in [-0.15, -0.1) is 0 Å². The summed E-state index contributed by atoms with van der Waals surface area (Å²) < 4.78 is 2.46. The van der Waals surface area contributed by atoms with Crippen molar-refractivity contribution in [3.05, 3.63) is 194 Å². The van der Waals surface area contributed by atoms with Crippen LogP contribution in [0.25, 0.3) is 44.7 Å². The van der Waals surface area contributed by atoms with Crippen LogP contribution in [0.3, 0.4) is 0 Å². The Labute approximate surface area is 291 Å². The molecule has 0 radical (unpaired) electrons. The van der Waals surface area contributed by atoms with Gasteiger partial charge in [-0.1, -0.05) is 202 Å². The SMILES string of the molecule is CC.c1ccc(Cn2c(-c3c(P(c4ccccc4)c4ccccc4)ccc4ccccc34)nc(-c3ccccc3)c2-c2ccccc2)cc1. The molecule has 0 saturated carbocycles. The average Bonchev–Trinajstić information content (AvgIpc) is 3.56. The molecule has 0 spiro atoms. The molecule has 0 aliphatic heterocycles. The Morgan fingerprint density at radius 1 is 0.490 bits per heavy atom. The van der Waals surface area contributed by atoms with Gasteiger partial charge in [0.15, 0.2) is 0 Å². The molecule has 0 unspecified atom stereocenters. The first-order chi connectivity index (χ1) is 24.3. The molecule has 8 rings (SSSR count). The normalized spacial score (nSPS) is 10.9. The van der Waals surface area contributed by atoms with Crippen LogP contribution < -0.4 is 15.9 Å². The van der Waals surface area contributed by atoms with E-state index in [-0.39, 0.29) is 0 Å². The summed E-state index contributed by atoms with van der Waals surface area (Å²) in [6, 6.07) is 67.5. The zero-order chi connectivity index (χ0) is 33.4. The number of hydrogen-bond donors (Lipinski definition) is 0. The van der Waals surface area contributed by atoms with Crippen molar-refractivity contribution < 1.29 is 0 Å². The Morgan fingerprint density at radius 3 is 1.57 bits per heavy atom. The van der Waals surface area contributed by atoms with Gasteiger partial charge in [0.25, 0.3) is 0 Å². The Morgan fingerprint density at radius 2 is 0.980 bits per heavy atom. The number of fused-ring (bicyclic) bond motifs is 1. The molecule has 2 nitrogen and oxygen atoms in total. The van der Waals surface area contributed by atoms with E-state index in [1.165, 1.54) is 37.8 Å². The molecule has 0 aliphatic rings. The summed E-state index contributed by atoms with van der Waals surface area (Å²) in [6.45, 7) is 4.69. The highest BCUT2D eigenvalue weighted by Gasteiger charge is 2.28. The van der Waals surface area contributed by atoms with Crippen LogP contribution in [0, 0.1) is 0 Å². The largest absolute Gasteiger partial charge is 0.319 e. The number of rotatable bonds is 8. The van der Waals surface area contributed by atoms with Crippen LogP contribution in [0.15, 0.2) is 188 Å². The maximum absolute atomic E-state index is 5.68. The van der Waals surface area contributed by atoms with E-state index in [1.807, 2.05) is 13.8 Å². The Hall–Kier alpha value is -5.56. The highest BCUT2D eigenvalue weighted by Crippen LogP contribution is 2.43. The van der Waals surface area contributed by atoms with Crippen LogP contribution in [0.4, 0.5) is 0 Å². The van der Waals surface area contributed by atoms with Crippen LogP contribution in [-0.4, -0.2) is 9.55 Å². The van der Waals surface area contributed by atoms with E-state index < -0.39 is 7.92 Å². The van der Waals surface area contributed by atoms with Gasteiger partial charge in [0.05, 0.1) is 11.4 Å². The first-order valence-electron chi connectivity index (χ1n) is 17.0. The Kier molecular flexibility index (Phi) is 9.87. The summed E-state index contributed by atoms with van der Waals surface area (Å²) in [5.74, 6) is 0.984. The van der Waals surface area contributed by atoms with Gasteiger partial charge in [-0.3, -0.25) is 0 Å². The summed E-state index contributed by atoms with van der Waals surface area (Å²) in [5.41, 5.74) is 6.80. The third-order valence-corrected chi connectivity index (χ3v) is 11.1. The molecule has 7 aromatic carbocycles.